The number of carbonyl (C=O) groups is 1. The number of anilines is 1. The molecule has 140 valence electrons. The van der Waals surface area contributed by atoms with Gasteiger partial charge in [0.15, 0.2) is 0 Å². The van der Waals surface area contributed by atoms with Crippen molar-refractivity contribution in [1.29, 1.82) is 0 Å². The standard InChI is InChI=1S/C20H21N3O3S/c1-12-5-10-17(13(2)11-12)21-18(24)14(3)27-20-23-22-19(26-20)15-6-8-16(25-4)9-7-15/h5-11,14H,1-4H3,(H,21,24)/t14-/m1/s1. The number of nitrogens with one attached hydrogen (secondary N) is 1. The summed E-state index contributed by atoms with van der Waals surface area (Å²) in [6.07, 6.45) is 0. The van der Waals surface area contributed by atoms with Crippen LogP contribution in [0, 0.1) is 13.8 Å². The highest BCUT2D eigenvalue weighted by molar-refractivity contribution is 8.00. The summed E-state index contributed by atoms with van der Waals surface area (Å²) in [5, 5.41) is 11.0. The van der Waals surface area contributed by atoms with Gasteiger partial charge in [0.2, 0.25) is 11.8 Å². The number of ether oxygens (including phenoxy) is 1. The maximum absolute atomic E-state index is 12.5. The first-order chi connectivity index (χ1) is 13.0. The van der Waals surface area contributed by atoms with E-state index < -0.39 is 0 Å². The van der Waals surface area contributed by atoms with Gasteiger partial charge in [0.25, 0.3) is 5.22 Å². The second kappa shape index (κ2) is 8.26. The van der Waals surface area contributed by atoms with Gasteiger partial charge in [-0.25, -0.2) is 0 Å². The number of aromatic nitrogens is 2. The Labute approximate surface area is 162 Å². The van der Waals surface area contributed by atoms with E-state index in [9.17, 15) is 4.79 Å². The summed E-state index contributed by atoms with van der Waals surface area (Å²) in [5.74, 6) is 1.04. The number of methoxy groups -OCH3 is 1. The Morgan fingerprint density at radius 2 is 1.89 bits per heavy atom. The van der Waals surface area contributed by atoms with E-state index in [1.807, 2.05) is 56.3 Å². The van der Waals surface area contributed by atoms with Gasteiger partial charge in [-0.3, -0.25) is 4.79 Å². The van der Waals surface area contributed by atoms with Gasteiger partial charge < -0.3 is 14.5 Å². The summed E-state index contributed by atoms with van der Waals surface area (Å²) in [6, 6.07) is 13.3. The van der Waals surface area contributed by atoms with E-state index >= 15 is 0 Å². The normalized spacial score (nSPS) is 11.9. The molecule has 0 aliphatic rings. The monoisotopic (exact) mass is 383 g/mol. The summed E-state index contributed by atoms with van der Waals surface area (Å²) in [6.45, 7) is 5.80. The second-order valence-electron chi connectivity index (χ2n) is 6.17. The van der Waals surface area contributed by atoms with E-state index in [4.69, 9.17) is 9.15 Å². The number of nitrogens with zero attached hydrogens (tertiary/aromatic N) is 2. The topological polar surface area (TPSA) is 77.2 Å². The first kappa shape index (κ1) is 19.0. The molecule has 1 atom stereocenters. The zero-order valence-electron chi connectivity index (χ0n) is 15.6. The van der Waals surface area contributed by atoms with Gasteiger partial charge in [0.05, 0.1) is 12.4 Å². The van der Waals surface area contributed by atoms with Crippen molar-refractivity contribution in [3.05, 3.63) is 53.6 Å². The Kier molecular flexibility index (Phi) is 5.81. The Hall–Kier alpha value is -2.80. The van der Waals surface area contributed by atoms with Crippen LogP contribution in [-0.2, 0) is 4.79 Å². The Morgan fingerprint density at radius 3 is 2.56 bits per heavy atom. The van der Waals surface area contributed by atoms with E-state index in [2.05, 4.69) is 15.5 Å². The molecule has 0 radical (unpaired) electrons. The molecule has 0 unspecified atom stereocenters. The molecule has 1 aromatic heterocycles. The zero-order valence-corrected chi connectivity index (χ0v) is 16.5. The van der Waals surface area contributed by atoms with Crippen molar-refractivity contribution in [2.45, 2.75) is 31.2 Å². The summed E-state index contributed by atoms with van der Waals surface area (Å²) >= 11 is 1.23. The van der Waals surface area contributed by atoms with E-state index in [1.165, 1.54) is 11.8 Å². The van der Waals surface area contributed by atoms with Gasteiger partial charge in [-0.2, -0.15) is 0 Å². The van der Waals surface area contributed by atoms with Gasteiger partial charge in [0, 0.05) is 11.3 Å². The Balaban J connectivity index is 1.64. The van der Waals surface area contributed by atoms with Crippen LogP contribution in [0.2, 0.25) is 0 Å². The summed E-state index contributed by atoms with van der Waals surface area (Å²) in [7, 11) is 1.61. The fourth-order valence-corrected chi connectivity index (χ4v) is 3.18. The van der Waals surface area contributed by atoms with Crippen molar-refractivity contribution in [1.82, 2.24) is 10.2 Å². The van der Waals surface area contributed by atoms with Gasteiger partial charge in [-0.05, 0) is 56.7 Å². The van der Waals surface area contributed by atoms with Crippen molar-refractivity contribution in [2.24, 2.45) is 0 Å². The van der Waals surface area contributed by atoms with Gasteiger partial charge in [0.1, 0.15) is 5.75 Å². The van der Waals surface area contributed by atoms with Crippen molar-refractivity contribution in [3.8, 4) is 17.2 Å². The molecule has 27 heavy (non-hydrogen) atoms. The van der Waals surface area contributed by atoms with Gasteiger partial charge in [-0.15, -0.1) is 10.2 Å². The van der Waals surface area contributed by atoms with Crippen LogP contribution < -0.4 is 10.1 Å². The van der Waals surface area contributed by atoms with Crippen molar-refractivity contribution < 1.29 is 13.9 Å². The highest BCUT2D eigenvalue weighted by Gasteiger charge is 2.19. The van der Waals surface area contributed by atoms with Crippen molar-refractivity contribution in [2.75, 3.05) is 12.4 Å². The average molecular weight is 383 g/mol. The SMILES string of the molecule is COc1ccc(-c2nnc(S[C@H](C)C(=O)Nc3ccc(C)cc3C)o2)cc1. The Bertz CT molecular complexity index is 938. The minimum Gasteiger partial charge on any atom is -0.497 e. The fraction of sp³-hybridized carbons (Fsp3) is 0.250. The molecule has 3 aromatic rings. The lowest BCUT2D eigenvalue weighted by molar-refractivity contribution is -0.115. The fourth-order valence-electron chi connectivity index (χ4n) is 2.50. The third-order valence-electron chi connectivity index (χ3n) is 4.03. The molecular formula is C20H21N3O3S. The lowest BCUT2D eigenvalue weighted by Crippen LogP contribution is -2.22. The van der Waals surface area contributed by atoms with Crippen molar-refractivity contribution >= 4 is 23.4 Å². The van der Waals surface area contributed by atoms with Crippen LogP contribution in [0.15, 0.2) is 52.1 Å². The molecule has 2 aromatic carbocycles. The molecule has 3 rings (SSSR count). The number of hydrogen-bond acceptors (Lipinski definition) is 6. The maximum atomic E-state index is 12.5. The number of thioether (sulfide) groups is 1. The molecule has 6 nitrogen and oxygen atoms in total. The molecule has 1 N–H and O–H groups in total. The quantitative estimate of drug-likeness (QED) is 0.632. The highest BCUT2D eigenvalue weighted by Crippen LogP contribution is 2.28. The van der Waals surface area contributed by atoms with Gasteiger partial charge >= 0.3 is 0 Å². The number of hydrogen-bond donors (Lipinski definition) is 1. The lowest BCUT2D eigenvalue weighted by Gasteiger charge is -2.12. The molecule has 0 aliphatic heterocycles. The molecule has 0 saturated carbocycles. The molecule has 0 spiro atoms. The van der Waals surface area contributed by atoms with Crippen LogP contribution in [0.25, 0.3) is 11.5 Å². The number of carbonyl (C=O) groups excluding carboxylic acids is 1. The van der Waals surface area contributed by atoms with Crippen LogP contribution in [0.5, 0.6) is 5.75 Å². The summed E-state index contributed by atoms with van der Waals surface area (Å²) in [4.78, 5) is 12.5. The maximum Gasteiger partial charge on any atom is 0.277 e. The van der Waals surface area contributed by atoms with E-state index in [0.717, 1.165) is 28.1 Å². The molecule has 1 amide bonds. The van der Waals surface area contributed by atoms with Crippen LogP contribution >= 0.6 is 11.8 Å². The number of amides is 1. The molecule has 1 heterocycles. The predicted octanol–water partition coefficient (Wildman–Crippen LogP) is 4.48. The van der Waals surface area contributed by atoms with E-state index in [1.54, 1.807) is 14.0 Å². The first-order valence-electron chi connectivity index (χ1n) is 8.49. The van der Waals surface area contributed by atoms with Gasteiger partial charge in [-0.1, -0.05) is 29.5 Å². The minimum atomic E-state index is -0.380. The number of aryl methyl sites for hydroxylation is 2. The highest BCUT2D eigenvalue weighted by atomic mass is 32.2. The largest absolute Gasteiger partial charge is 0.497 e. The lowest BCUT2D eigenvalue weighted by atomic mass is 10.1. The first-order valence-corrected chi connectivity index (χ1v) is 9.37. The van der Waals surface area contributed by atoms with Crippen LogP contribution in [0.3, 0.4) is 0 Å². The Morgan fingerprint density at radius 1 is 1.15 bits per heavy atom. The van der Waals surface area contributed by atoms with Crippen molar-refractivity contribution in [3.63, 3.8) is 0 Å². The van der Waals surface area contributed by atoms with E-state index in [0.29, 0.717) is 11.1 Å². The smallest absolute Gasteiger partial charge is 0.277 e. The third-order valence-corrected chi connectivity index (χ3v) is 4.96. The number of benzene rings is 2. The minimum absolute atomic E-state index is 0.115. The average Bonchev–Trinajstić information content (AvgIpc) is 3.12. The molecular weight excluding hydrogens is 362 g/mol. The molecule has 7 heteroatoms. The molecule has 0 saturated heterocycles. The molecule has 0 fully saturated rings. The number of rotatable bonds is 6. The molecule has 0 bridgehead atoms. The van der Waals surface area contributed by atoms with E-state index in [-0.39, 0.29) is 11.2 Å². The third kappa shape index (κ3) is 4.68. The van der Waals surface area contributed by atoms with Crippen LogP contribution in [0.1, 0.15) is 18.1 Å². The van der Waals surface area contributed by atoms with Crippen LogP contribution in [0.4, 0.5) is 5.69 Å². The summed E-state index contributed by atoms with van der Waals surface area (Å²) < 4.78 is 10.8. The zero-order chi connectivity index (χ0) is 19.4. The predicted molar refractivity (Wildman–Crippen MR) is 106 cm³/mol. The molecule has 0 aliphatic carbocycles. The second-order valence-corrected chi connectivity index (χ2v) is 7.46. The summed E-state index contributed by atoms with van der Waals surface area (Å²) in [5.41, 5.74) is 3.79. The van der Waals surface area contributed by atoms with Crippen LogP contribution in [-0.4, -0.2) is 28.5 Å².